The standard InChI is InChI=1S/C15H12ClN3OS3/c16-11-5-3-10(4-6-11)8-13(20)17-14-18-19-15(23-14)22-9-12-2-1-7-21-12/h1-7H,8-9H2,(H,17,18,20). The molecular formula is C15H12ClN3OS3. The molecule has 0 unspecified atom stereocenters. The Morgan fingerprint density at radius 1 is 1.22 bits per heavy atom. The second kappa shape index (κ2) is 7.92. The van der Waals surface area contributed by atoms with Gasteiger partial charge in [-0.1, -0.05) is 52.9 Å². The van der Waals surface area contributed by atoms with Crippen LogP contribution in [0, 0.1) is 0 Å². The Labute approximate surface area is 150 Å². The number of carbonyl (C=O) groups excluding carboxylic acids is 1. The Hall–Kier alpha value is -1.41. The average Bonchev–Trinajstić information content (AvgIpc) is 3.19. The predicted molar refractivity (Wildman–Crippen MR) is 97.6 cm³/mol. The van der Waals surface area contributed by atoms with Gasteiger partial charge in [0.15, 0.2) is 4.34 Å². The molecule has 1 amide bonds. The van der Waals surface area contributed by atoms with Crippen LogP contribution in [0.2, 0.25) is 5.02 Å². The van der Waals surface area contributed by atoms with Crippen molar-refractivity contribution in [1.29, 1.82) is 0 Å². The van der Waals surface area contributed by atoms with Crippen molar-refractivity contribution in [3.05, 3.63) is 57.2 Å². The van der Waals surface area contributed by atoms with Crippen LogP contribution in [0.25, 0.3) is 0 Å². The van der Waals surface area contributed by atoms with Crippen LogP contribution in [-0.4, -0.2) is 16.1 Å². The first-order valence-electron chi connectivity index (χ1n) is 6.72. The molecule has 0 aliphatic carbocycles. The zero-order chi connectivity index (χ0) is 16.1. The maximum atomic E-state index is 12.0. The topological polar surface area (TPSA) is 54.9 Å². The van der Waals surface area contributed by atoms with Crippen LogP contribution >= 0.6 is 46.0 Å². The SMILES string of the molecule is O=C(Cc1ccc(Cl)cc1)Nc1nnc(SCc2cccs2)s1. The number of amides is 1. The van der Waals surface area contributed by atoms with E-state index in [4.69, 9.17) is 11.6 Å². The molecule has 0 fully saturated rings. The first kappa shape index (κ1) is 16.4. The molecule has 3 rings (SSSR count). The lowest BCUT2D eigenvalue weighted by Gasteiger charge is -2.01. The number of benzene rings is 1. The predicted octanol–water partition coefficient (Wildman–Crippen LogP) is 4.73. The Morgan fingerprint density at radius 2 is 2.04 bits per heavy atom. The second-order valence-electron chi connectivity index (χ2n) is 4.59. The van der Waals surface area contributed by atoms with Gasteiger partial charge in [0, 0.05) is 15.7 Å². The molecule has 0 aliphatic rings. The summed E-state index contributed by atoms with van der Waals surface area (Å²) in [5.74, 6) is 0.753. The van der Waals surface area contributed by atoms with Gasteiger partial charge in [-0.2, -0.15) is 0 Å². The summed E-state index contributed by atoms with van der Waals surface area (Å²) in [4.78, 5) is 13.3. The highest BCUT2D eigenvalue weighted by Crippen LogP contribution is 2.29. The van der Waals surface area contributed by atoms with Crippen LogP contribution in [0.15, 0.2) is 46.1 Å². The monoisotopic (exact) mass is 381 g/mol. The number of anilines is 1. The third-order valence-electron chi connectivity index (χ3n) is 2.85. The van der Waals surface area contributed by atoms with Gasteiger partial charge in [0.05, 0.1) is 6.42 Å². The van der Waals surface area contributed by atoms with Crippen LogP contribution in [0.4, 0.5) is 5.13 Å². The number of halogens is 1. The second-order valence-corrected chi connectivity index (χ2v) is 8.26. The number of hydrogen-bond acceptors (Lipinski definition) is 6. The van der Waals surface area contributed by atoms with Gasteiger partial charge in [0.25, 0.3) is 0 Å². The summed E-state index contributed by atoms with van der Waals surface area (Å²) in [5.41, 5.74) is 0.906. The maximum Gasteiger partial charge on any atom is 0.230 e. The molecule has 0 saturated carbocycles. The van der Waals surface area contributed by atoms with E-state index in [1.165, 1.54) is 16.2 Å². The normalized spacial score (nSPS) is 10.7. The molecule has 0 bridgehead atoms. The van der Waals surface area contributed by atoms with Crippen molar-refractivity contribution < 1.29 is 4.79 Å². The van der Waals surface area contributed by atoms with E-state index in [0.717, 1.165) is 15.7 Å². The summed E-state index contributed by atoms with van der Waals surface area (Å²) in [6.45, 7) is 0. The van der Waals surface area contributed by atoms with Crippen molar-refractivity contribution in [2.75, 3.05) is 5.32 Å². The minimum absolute atomic E-state index is 0.113. The van der Waals surface area contributed by atoms with E-state index in [2.05, 4.69) is 27.0 Å². The first-order valence-corrected chi connectivity index (χ1v) is 9.78. The number of hydrogen-bond donors (Lipinski definition) is 1. The van der Waals surface area contributed by atoms with E-state index in [1.807, 2.05) is 18.2 Å². The largest absolute Gasteiger partial charge is 0.300 e. The third kappa shape index (κ3) is 5.04. The lowest BCUT2D eigenvalue weighted by Crippen LogP contribution is -2.14. The summed E-state index contributed by atoms with van der Waals surface area (Å²) in [6.07, 6.45) is 0.286. The van der Waals surface area contributed by atoms with Gasteiger partial charge in [-0.15, -0.1) is 21.5 Å². The average molecular weight is 382 g/mol. The summed E-state index contributed by atoms with van der Waals surface area (Å²) in [6, 6.07) is 11.3. The zero-order valence-corrected chi connectivity index (χ0v) is 15.1. The van der Waals surface area contributed by atoms with Crippen molar-refractivity contribution in [1.82, 2.24) is 10.2 Å². The van der Waals surface area contributed by atoms with E-state index < -0.39 is 0 Å². The fourth-order valence-corrected chi connectivity index (χ4v) is 4.46. The van der Waals surface area contributed by atoms with Crippen LogP contribution in [0.5, 0.6) is 0 Å². The van der Waals surface area contributed by atoms with Crippen molar-refractivity contribution in [3.8, 4) is 0 Å². The summed E-state index contributed by atoms with van der Waals surface area (Å²) in [7, 11) is 0. The summed E-state index contributed by atoms with van der Waals surface area (Å²) >= 11 is 10.6. The fourth-order valence-electron chi connectivity index (χ4n) is 1.80. The molecule has 1 N–H and O–H groups in total. The van der Waals surface area contributed by atoms with Crippen molar-refractivity contribution in [2.45, 2.75) is 16.5 Å². The van der Waals surface area contributed by atoms with Gasteiger partial charge in [0.2, 0.25) is 11.0 Å². The van der Waals surface area contributed by atoms with Gasteiger partial charge in [-0.3, -0.25) is 4.79 Å². The van der Waals surface area contributed by atoms with Gasteiger partial charge in [-0.25, -0.2) is 0 Å². The Morgan fingerprint density at radius 3 is 2.78 bits per heavy atom. The van der Waals surface area contributed by atoms with Crippen LogP contribution in [0.1, 0.15) is 10.4 Å². The molecule has 0 saturated heterocycles. The van der Waals surface area contributed by atoms with E-state index in [-0.39, 0.29) is 12.3 Å². The fraction of sp³-hybridized carbons (Fsp3) is 0.133. The minimum Gasteiger partial charge on any atom is -0.300 e. The zero-order valence-electron chi connectivity index (χ0n) is 11.9. The molecule has 0 aliphatic heterocycles. The number of thiophene rings is 1. The van der Waals surface area contributed by atoms with Crippen LogP contribution in [0.3, 0.4) is 0 Å². The molecule has 3 aromatic rings. The highest BCUT2D eigenvalue weighted by molar-refractivity contribution is 8.00. The molecule has 23 heavy (non-hydrogen) atoms. The van der Waals surface area contributed by atoms with Crippen LogP contribution < -0.4 is 5.32 Å². The van der Waals surface area contributed by atoms with Gasteiger partial charge in [-0.05, 0) is 29.1 Å². The van der Waals surface area contributed by atoms with Gasteiger partial charge in [0.1, 0.15) is 0 Å². The Bertz CT molecular complexity index is 772. The molecule has 2 aromatic heterocycles. The lowest BCUT2D eigenvalue weighted by molar-refractivity contribution is -0.115. The number of nitrogens with one attached hydrogen (secondary N) is 1. The molecule has 1 aromatic carbocycles. The number of aromatic nitrogens is 2. The summed E-state index contributed by atoms with van der Waals surface area (Å²) in [5, 5.41) is 14.1. The molecule has 8 heteroatoms. The molecule has 0 radical (unpaired) electrons. The number of thioether (sulfide) groups is 1. The van der Waals surface area contributed by atoms with E-state index in [9.17, 15) is 4.79 Å². The number of rotatable bonds is 6. The summed E-state index contributed by atoms with van der Waals surface area (Å²) < 4.78 is 0.847. The third-order valence-corrected chi connectivity index (χ3v) is 6.18. The Kier molecular flexibility index (Phi) is 5.66. The number of nitrogens with zero attached hydrogens (tertiary/aromatic N) is 2. The Balaban J connectivity index is 1.51. The van der Waals surface area contributed by atoms with E-state index in [1.54, 1.807) is 35.2 Å². The minimum atomic E-state index is -0.113. The van der Waals surface area contributed by atoms with Crippen LogP contribution in [-0.2, 0) is 17.0 Å². The highest BCUT2D eigenvalue weighted by atomic mass is 35.5. The molecular weight excluding hydrogens is 370 g/mol. The van der Waals surface area contributed by atoms with E-state index >= 15 is 0 Å². The molecule has 118 valence electrons. The van der Waals surface area contributed by atoms with Crippen molar-refractivity contribution in [2.24, 2.45) is 0 Å². The van der Waals surface area contributed by atoms with E-state index in [0.29, 0.717) is 10.2 Å². The highest BCUT2D eigenvalue weighted by Gasteiger charge is 2.10. The smallest absolute Gasteiger partial charge is 0.230 e. The van der Waals surface area contributed by atoms with Gasteiger partial charge < -0.3 is 5.32 Å². The quantitative estimate of drug-likeness (QED) is 0.495. The molecule has 0 atom stereocenters. The molecule has 0 spiro atoms. The number of carbonyl (C=O) groups is 1. The maximum absolute atomic E-state index is 12.0. The lowest BCUT2D eigenvalue weighted by atomic mass is 10.1. The van der Waals surface area contributed by atoms with Crippen molar-refractivity contribution >= 4 is 57.1 Å². The first-order chi connectivity index (χ1) is 11.2. The molecule has 2 heterocycles. The molecule has 4 nitrogen and oxygen atoms in total. The van der Waals surface area contributed by atoms with Gasteiger partial charge >= 0.3 is 0 Å². The van der Waals surface area contributed by atoms with Crippen molar-refractivity contribution in [3.63, 3.8) is 0 Å².